The van der Waals surface area contributed by atoms with E-state index in [-0.39, 0.29) is 29.1 Å². The van der Waals surface area contributed by atoms with E-state index in [0.717, 1.165) is 43.9 Å². The minimum atomic E-state index is -3.82. The van der Waals surface area contributed by atoms with Gasteiger partial charge >= 0.3 is 330 Å². The molecule has 56 heavy (non-hydrogen) atoms. The summed E-state index contributed by atoms with van der Waals surface area (Å²) in [6, 6.07) is 73.2. The van der Waals surface area contributed by atoms with Crippen LogP contribution in [-0.2, 0) is 6.16 Å². The quantitative estimate of drug-likeness (QED) is 0.109. The molecular formula is C51H43O4P. The Labute approximate surface area is 328 Å². The maximum atomic E-state index is 10.3. The van der Waals surface area contributed by atoms with Crippen LogP contribution in [-0.4, -0.2) is 15.3 Å². The molecule has 0 aromatic heterocycles. The van der Waals surface area contributed by atoms with Crippen molar-refractivity contribution in [3.05, 3.63) is 246 Å². The molecule has 0 aliphatic rings. The Kier molecular flexibility index (Phi) is 10.1. The van der Waals surface area contributed by atoms with Crippen LogP contribution in [0.3, 0.4) is 0 Å². The van der Waals surface area contributed by atoms with Crippen molar-refractivity contribution in [1.29, 1.82) is 0 Å². The van der Waals surface area contributed by atoms with E-state index in [4.69, 9.17) is 4.52 Å². The number of aromatic hydroxyl groups is 3. The second-order valence-corrected chi connectivity index (χ2v) is 18.7. The molecule has 1 unspecified atom stereocenters. The zero-order valence-corrected chi connectivity index (χ0v) is 31.7. The average Bonchev–Trinajstić information content (AvgIpc) is 3.26. The normalized spacial score (nSPS) is 12.7. The summed E-state index contributed by atoms with van der Waals surface area (Å²) in [4.78, 5) is 0. The van der Waals surface area contributed by atoms with Crippen molar-refractivity contribution in [2.45, 2.75) is 18.0 Å². The van der Waals surface area contributed by atoms with E-state index in [1.165, 1.54) is 5.56 Å². The van der Waals surface area contributed by atoms with E-state index in [1.54, 1.807) is 36.4 Å². The van der Waals surface area contributed by atoms with Gasteiger partial charge in [0.25, 0.3) is 0 Å². The van der Waals surface area contributed by atoms with Gasteiger partial charge < -0.3 is 0 Å². The van der Waals surface area contributed by atoms with Gasteiger partial charge in [-0.3, -0.25) is 0 Å². The van der Waals surface area contributed by atoms with Gasteiger partial charge in [-0.1, -0.05) is 0 Å². The van der Waals surface area contributed by atoms with Crippen molar-refractivity contribution < 1.29 is 19.8 Å². The second kappa shape index (κ2) is 15.6. The third kappa shape index (κ3) is 6.92. The first-order chi connectivity index (χ1) is 27.4. The van der Waals surface area contributed by atoms with Crippen molar-refractivity contribution in [3.63, 3.8) is 0 Å². The molecule has 0 radical (unpaired) electrons. The zero-order valence-electron chi connectivity index (χ0n) is 30.8. The van der Waals surface area contributed by atoms with Crippen LogP contribution in [0.25, 0.3) is 0 Å². The van der Waals surface area contributed by atoms with Crippen LogP contribution in [0.1, 0.15) is 39.7 Å². The molecule has 0 amide bonds. The molecule has 0 aliphatic carbocycles. The molecule has 0 aliphatic heterocycles. The standard InChI is InChI=1S/C51H43O4P/c52-43-29-21-39(22-30-43)50(40-23-31-44(53)32-24-40)51(41-25-33-45(54)34-26-41)42-27-35-46(36-28-42)55-56(47-15-7-2-8-16-47,48-17-9-3-10-18-48,49-19-11-4-12-20-49)37-38-13-5-1-6-14-38/h1-36,50-54H,37H2. The van der Waals surface area contributed by atoms with Crippen LogP contribution < -0.4 is 20.4 Å². The van der Waals surface area contributed by atoms with Crippen molar-refractivity contribution in [2.24, 2.45) is 0 Å². The SMILES string of the molecule is Oc1ccc(C(c2ccc(O)cc2)C(c2ccc(O)cc2)c2ccc(OP(Cc3ccccc3)(c3ccccc3)(c3ccccc3)c3ccccc3)cc2)cc1. The van der Waals surface area contributed by atoms with Crippen molar-refractivity contribution in [3.8, 4) is 23.0 Å². The maximum absolute atomic E-state index is 10.3. The Balaban J connectivity index is 1.34. The molecule has 0 bridgehead atoms. The van der Waals surface area contributed by atoms with Gasteiger partial charge in [-0.25, -0.2) is 0 Å². The molecule has 4 nitrogen and oxygen atoms in total. The molecule has 8 rings (SSSR count). The molecule has 0 heterocycles. The minimum absolute atomic E-state index is 0.188. The van der Waals surface area contributed by atoms with Crippen LogP contribution >= 0.6 is 6.83 Å². The molecule has 0 fully saturated rings. The Morgan fingerprint density at radius 1 is 0.339 bits per heavy atom. The molecule has 276 valence electrons. The first-order valence-electron chi connectivity index (χ1n) is 18.8. The molecule has 3 N–H and O–H groups in total. The predicted octanol–water partition coefficient (Wildman–Crippen LogP) is 10.8. The summed E-state index contributed by atoms with van der Waals surface area (Å²) in [7, 11) is 0. The van der Waals surface area contributed by atoms with Gasteiger partial charge in [-0.05, 0) is 0 Å². The summed E-state index contributed by atoms with van der Waals surface area (Å²) < 4.78 is 7.91. The average molecular weight is 751 g/mol. The summed E-state index contributed by atoms with van der Waals surface area (Å²) in [5.74, 6) is 0.892. The van der Waals surface area contributed by atoms with Gasteiger partial charge in [0.05, 0.1) is 0 Å². The van der Waals surface area contributed by atoms with Crippen molar-refractivity contribution in [2.75, 3.05) is 0 Å². The molecule has 0 saturated carbocycles. The van der Waals surface area contributed by atoms with Gasteiger partial charge in [-0.2, -0.15) is 0 Å². The molecule has 8 aromatic rings. The second-order valence-electron chi connectivity index (χ2n) is 14.3. The number of rotatable bonds is 12. The molecule has 0 saturated heterocycles. The third-order valence-electron chi connectivity index (χ3n) is 10.9. The summed E-state index contributed by atoms with van der Waals surface area (Å²) in [5.41, 5.74) is 5.21. The first kappa shape index (κ1) is 36.4. The number of hydrogen-bond donors (Lipinski definition) is 3. The Bertz CT molecular complexity index is 2330. The Hall–Kier alpha value is -6.61. The zero-order chi connectivity index (χ0) is 38.4. The molecule has 5 heteroatoms. The molecule has 8 aromatic carbocycles. The number of hydrogen-bond acceptors (Lipinski definition) is 4. The van der Waals surface area contributed by atoms with E-state index >= 15 is 0 Å². The van der Waals surface area contributed by atoms with Gasteiger partial charge in [0.2, 0.25) is 0 Å². The van der Waals surface area contributed by atoms with Gasteiger partial charge in [0.15, 0.2) is 0 Å². The van der Waals surface area contributed by atoms with E-state index in [2.05, 4.69) is 146 Å². The van der Waals surface area contributed by atoms with Crippen LogP contribution in [0.5, 0.6) is 23.0 Å². The van der Waals surface area contributed by atoms with Crippen LogP contribution in [0.4, 0.5) is 0 Å². The van der Waals surface area contributed by atoms with Crippen LogP contribution in [0.2, 0.25) is 0 Å². The molecule has 1 atom stereocenters. The number of phenolic OH excluding ortho intramolecular Hbond substituents is 3. The topological polar surface area (TPSA) is 69.9 Å². The third-order valence-corrected chi connectivity index (χ3v) is 16.6. The van der Waals surface area contributed by atoms with Gasteiger partial charge in [-0.15, -0.1) is 0 Å². The van der Waals surface area contributed by atoms with Crippen molar-refractivity contribution >= 4 is 22.7 Å². The van der Waals surface area contributed by atoms with E-state index < -0.39 is 6.83 Å². The van der Waals surface area contributed by atoms with E-state index in [1.807, 2.05) is 36.4 Å². The summed E-state index contributed by atoms with van der Waals surface area (Å²) in [5, 5.41) is 34.2. The fourth-order valence-corrected chi connectivity index (χ4v) is 14.0. The number of benzene rings is 8. The monoisotopic (exact) mass is 750 g/mol. The van der Waals surface area contributed by atoms with Gasteiger partial charge in [0, 0.05) is 0 Å². The Morgan fingerprint density at radius 3 is 0.946 bits per heavy atom. The van der Waals surface area contributed by atoms with E-state index in [0.29, 0.717) is 6.16 Å². The predicted molar refractivity (Wildman–Crippen MR) is 230 cm³/mol. The number of phenols is 3. The Morgan fingerprint density at radius 2 is 0.625 bits per heavy atom. The van der Waals surface area contributed by atoms with Crippen LogP contribution in [0, 0.1) is 0 Å². The fraction of sp³-hybridized carbons (Fsp3) is 0.0588. The molecular weight excluding hydrogens is 708 g/mol. The van der Waals surface area contributed by atoms with Crippen molar-refractivity contribution in [1.82, 2.24) is 0 Å². The first-order valence-corrected chi connectivity index (χ1v) is 21.2. The molecule has 0 spiro atoms. The fourth-order valence-electron chi connectivity index (χ4n) is 8.24. The van der Waals surface area contributed by atoms with Gasteiger partial charge in [0.1, 0.15) is 0 Å². The van der Waals surface area contributed by atoms with Crippen LogP contribution in [0.15, 0.2) is 218 Å². The summed E-state index contributed by atoms with van der Waals surface area (Å²) in [6.07, 6.45) is 0.645. The summed E-state index contributed by atoms with van der Waals surface area (Å²) in [6.45, 7) is -3.82. The summed E-state index contributed by atoms with van der Waals surface area (Å²) >= 11 is 0. The van der Waals surface area contributed by atoms with E-state index in [9.17, 15) is 15.3 Å².